The first-order valence-electron chi connectivity index (χ1n) is 11.1. The van der Waals surface area contributed by atoms with Gasteiger partial charge in [-0.25, -0.2) is 4.98 Å². The molecule has 1 aromatic heterocycles. The van der Waals surface area contributed by atoms with Crippen LogP contribution in [0.5, 0.6) is 0 Å². The van der Waals surface area contributed by atoms with E-state index < -0.39 is 0 Å². The van der Waals surface area contributed by atoms with E-state index in [1.807, 2.05) is 26.2 Å². The molecule has 0 amide bonds. The van der Waals surface area contributed by atoms with Gasteiger partial charge in [0.25, 0.3) is 0 Å². The third-order valence-corrected chi connectivity index (χ3v) is 6.20. The third-order valence-electron chi connectivity index (χ3n) is 6.20. The van der Waals surface area contributed by atoms with Gasteiger partial charge in [0.05, 0.1) is 5.52 Å². The highest BCUT2D eigenvalue weighted by molar-refractivity contribution is 5.90. The van der Waals surface area contributed by atoms with Gasteiger partial charge >= 0.3 is 0 Å². The third kappa shape index (κ3) is 5.73. The number of aryl methyl sites for hydroxylation is 1. The second-order valence-corrected chi connectivity index (χ2v) is 8.70. The van der Waals surface area contributed by atoms with E-state index in [9.17, 15) is 0 Å². The lowest BCUT2D eigenvalue weighted by Crippen LogP contribution is -2.31. The summed E-state index contributed by atoms with van der Waals surface area (Å²) < 4.78 is 0. The number of nitrogens with zero attached hydrogens (tertiary/aromatic N) is 3. The van der Waals surface area contributed by atoms with Gasteiger partial charge in [-0.2, -0.15) is 4.98 Å². The van der Waals surface area contributed by atoms with Crippen molar-refractivity contribution in [2.75, 3.05) is 30.9 Å². The second-order valence-electron chi connectivity index (χ2n) is 8.70. The summed E-state index contributed by atoms with van der Waals surface area (Å²) in [7, 11) is 4.07. The Balaban J connectivity index is 0.00000272. The molecule has 0 atom stereocenters. The monoisotopic (exact) mass is 419 g/mol. The van der Waals surface area contributed by atoms with Crippen molar-refractivity contribution in [2.45, 2.75) is 52.6 Å². The van der Waals surface area contributed by atoms with E-state index in [0.717, 1.165) is 41.7 Å². The molecule has 1 saturated carbocycles. The summed E-state index contributed by atoms with van der Waals surface area (Å²) in [5.41, 5.74) is 3.76. The van der Waals surface area contributed by atoms with Crippen LogP contribution in [0.4, 0.5) is 11.8 Å². The number of rotatable bonds is 7. The molecule has 166 valence electrons. The minimum atomic E-state index is 0. The molecule has 31 heavy (non-hydrogen) atoms. The number of hydrogen-bond donors (Lipinski definition) is 2. The minimum absolute atomic E-state index is 0. The Morgan fingerprint density at radius 1 is 0.935 bits per heavy atom. The summed E-state index contributed by atoms with van der Waals surface area (Å²) >= 11 is 0. The molecule has 2 N–H and O–H groups in total. The standard InChI is InChI=1S/C25H33N5.CH4/c1-18-8-4-5-9-20(18)17-26-16-19-12-14-21(15-13-19)27-25-28-23-11-7-6-10-22(23)24(29-25)30(2)3;/h4-11,19,21,26H,12-17H2,1-3H3,(H,27,28,29);1H4. The molecule has 4 rings (SSSR count). The zero-order valence-electron chi connectivity index (χ0n) is 18.4. The lowest BCUT2D eigenvalue weighted by atomic mass is 9.86. The highest BCUT2D eigenvalue weighted by atomic mass is 15.2. The van der Waals surface area contributed by atoms with E-state index in [-0.39, 0.29) is 7.43 Å². The Morgan fingerprint density at radius 2 is 1.65 bits per heavy atom. The van der Waals surface area contributed by atoms with E-state index in [1.54, 1.807) is 0 Å². The van der Waals surface area contributed by atoms with Crippen LogP contribution in [0.2, 0.25) is 0 Å². The maximum atomic E-state index is 4.80. The van der Waals surface area contributed by atoms with Crippen LogP contribution in [0, 0.1) is 12.8 Å². The average Bonchev–Trinajstić information content (AvgIpc) is 2.75. The normalized spacial score (nSPS) is 18.4. The zero-order valence-corrected chi connectivity index (χ0v) is 18.4. The van der Waals surface area contributed by atoms with Crippen LogP contribution >= 0.6 is 0 Å². The highest BCUT2D eigenvalue weighted by Gasteiger charge is 2.22. The molecule has 5 heteroatoms. The quantitative estimate of drug-likeness (QED) is 0.537. The molecule has 2 aromatic carbocycles. The first-order chi connectivity index (χ1) is 14.6. The number of fused-ring (bicyclic) bond motifs is 1. The number of nitrogens with one attached hydrogen (secondary N) is 2. The molecule has 0 saturated heterocycles. The van der Waals surface area contributed by atoms with Crippen molar-refractivity contribution >= 4 is 22.7 Å². The SMILES string of the molecule is C.Cc1ccccc1CNCC1CCC(Nc2nc(N(C)C)c3ccccc3n2)CC1. The Labute approximate surface area is 187 Å². The Bertz CT molecular complexity index is 976. The van der Waals surface area contributed by atoms with Gasteiger partial charge in [0.15, 0.2) is 0 Å². The molecular weight excluding hydrogens is 382 g/mol. The molecule has 1 aliphatic carbocycles. The van der Waals surface area contributed by atoms with Crippen LogP contribution in [0.3, 0.4) is 0 Å². The lowest BCUT2D eigenvalue weighted by Gasteiger charge is -2.29. The summed E-state index contributed by atoms with van der Waals surface area (Å²) in [5, 5.41) is 8.37. The van der Waals surface area contributed by atoms with Gasteiger partial charge in [-0.05, 0) is 68.3 Å². The van der Waals surface area contributed by atoms with E-state index >= 15 is 0 Å². The van der Waals surface area contributed by atoms with E-state index in [2.05, 4.69) is 58.9 Å². The van der Waals surface area contributed by atoms with Crippen LogP contribution in [-0.4, -0.2) is 36.6 Å². The van der Waals surface area contributed by atoms with Gasteiger partial charge in [0, 0.05) is 32.1 Å². The molecule has 1 fully saturated rings. The minimum Gasteiger partial charge on any atom is -0.362 e. The van der Waals surface area contributed by atoms with Crippen LogP contribution < -0.4 is 15.5 Å². The Kier molecular flexibility index (Phi) is 7.85. The van der Waals surface area contributed by atoms with Gasteiger partial charge in [0.2, 0.25) is 5.95 Å². The predicted octanol–water partition coefficient (Wildman–Crippen LogP) is 5.40. The van der Waals surface area contributed by atoms with Crippen molar-refractivity contribution in [3.05, 3.63) is 59.7 Å². The fourth-order valence-electron chi connectivity index (χ4n) is 4.38. The summed E-state index contributed by atoms with van der Waals surface area (Å²) in [6, 6.07) is 17.3. The average molecular weight is 420 g/mol. The molecule has 0 spiro atoms. The second kappa shape index (κ2) is 10.6. The van der Waals surface area contributed by atoms with Crippen LogP contribution in [-0.2, 0) is 6.54 Å². The summed E-state index contributed by atoms with van der Waals surface area (Å²) in [6.07, 6.45) is 4.83. The molecular formula is C26H37N5. The number of aromatic nitrogens is 2. The number of hydrogen-bond acceptors (Lipinski definition) is 5. The molecule has 5 nitrogen and oxygen atoms in total. The molecule has 0 radical (unpaired) electrons. The van der Waals surface area contributed by atoms with Crippen LogP contribution in [0.15, 0.2) is 48.5 Å². The number of benzene rings is 2. The van der Waals surface area contributed by atoms with Gasteiger partial charge in [-0.3, -0.25) is 0 Å². The topological polar surface area (TPSA) is 53.1 Å². The zero-order chi connectivity index (χ0) is 20.9. The summed E-state index contributed by atoms with van der Waals surface area (Å²) in [6.45, 7) is 4.24. The fourth-order valence-corrected chi connectivity index (χ4v) is 4.38. The summed E-state index contributed by atoms with van der Waals surface area (Å²) in [5.74, 6) is 2.47. The molecule has 3 aromatic rings. The largest absolute Gasteiger partial charge is 0.362 e. The fraction of sp³-hybridized carbons (Fsp3) is 0.462. The Morgan fingerprint density at radius 3 is 2.39 bits per heavy atom. The first-order valence-corrected chi connectivity index (χ1v) is 11.1. The molecule has 1 aliphatic rings. The number of para-hydroxylation sites is 1. The maximum Gasteiger partial charge on any atom is 0.225 e. The molecule has 0 aliphatic heterocycles. The van der Waals surface area contributed by atoms with Crippen LogP contribution in [0.25, 0.3) is 10.9 Å². The Hall–Kier alpha value is -2.66. The molecule has 0 unspecified atom stereocenters. The van der Waals surface area contributed by atoms with Crippen molar-refractivity contribution in [3.63, 3.8) is 0 Å². The smallest absolute Gasteiger partial charge is 0.225 e. The first kappa shape index (κ1) is 23.0. The van der Waals surface area contributed by atoms with E-state index in [0.29, 0.717) is 6.04 Å². The van der Waals surface area contributed by atoms with Gasteiger partial charge in [-0.15, -0.1) is 0 Å². The van der Waals surface area contributed by atoms with Crippen molar-refractivity contribution in [3.8, 4) is 0 Å². The van der Waals surface area contributed by atoms with E-state index in [4.69, 9.17) is 9.97 Å². The molecule has 0 bridgehead atoms. The van der Waals surface area contributed by atoms with Crippen molar-refractivity contribution in [2.24, 2.45) is 5.92 Å². The van der Waals surface area contributed by atoms with E-state index in [1.165, 1.54) is 36.8 Å². The van der Waals surface area contributed by atoms with Gasteiger partial charge in [0.1, 0.15) is 5.82 Å². The van der Waals surface area contributed by atoms with Crippen molar-refractivity contribution in [1.29, 1.82) is 0 Å². The molecule has 1 heterocycles. The van der Waals surface area contributed by atoms with Gasteiger partial charge in [-0.1, -0.05) is 43.8 Å². The van der Waals surface area contributed by atoms with Crippen LogP contribution in [0.1, 0.15) is 44.2 Å². The van der Waals surface area contributed by atoms with Crippen molar-refractivity contribution < 1.29 is 0 Å². The van der Waals surface area contributed by atoms with Crippen molar-refractivity contribution in [1.82, 2.24) is 15.3 Å². The van der Waals surface area contributed by atoms with Gasteiger partial charge < -0.3 is 15.5 Å². The maximum absolute atomic E-state index is 4.80. The predicted molar refractivity (Wildman–Crippen MR) is 133 cm³/mol. The highest BCUT2D eigenvalue weighted by Crippen LogP contribution is 2.28. The lowest BCUT2D eigenvalue weighted by molar-refractivity contribution is 0.323. The number of anilines is 2. The summed E-state index contributed by atoms with van der Waals surface area (Å²) in [4.78, 5) is 11.6.